The molecule has 1 fully saturated rings. The van der Waals surface area contributed by atoms with E-state index in [1.807, 2.05) is 4.90 Å². The molecular formula is C11H22F2N2. The zero-order chi connectivity index (χ0) is 11.6. The second-order valence-corrected chi connectivity index (χ2v) is 4.99. The van der Waals surface area contributed by atoms with Crippen LogP contribution in [0.5, 0.6) is 0 Å². The van der Waals surface area contributed by atoms with Gasteiger partial charge >= 0.3 is 0 Å². The number of piperazine rings is 1. The zero-order valence-electron chi connectivity index (χ0n) is 10.1. The van der Waals surface area contributed by atoms with Gasteiger partial charge in [-0.3, -0.25) is 9.80 Å². The van der Waals surface area contributed by atoms with Gasteiger partial charge in [0.1, 0.15) is 0 Å². The largest absolute Gasteiger partial charge is 0.296 e. The molecule has 0 aromatic heterocycles. The minimum atomic E-state index is -2.57. The summed E-state index contributed by atoms with van der Waals surface area (Å²) in [4.78, 5) is 4.23. The lowest BCUT2D eigenvalue weighted by Gasteiger charge is -2.42. The normalized spacial score (nSPS) is 26.2. The molecule has 4 heteroatoms. The summed E-state index contributed by atoms with van der Waals surface area (Å²) in [5, 5.41) is 0. The van der Waals surface area contributed by atoms with Crippen molar-refractivity contribution < 1.29 is 8.78 Å². The number of hydrogen-bond acceptors (Lipinski definition) is 2. The summed E-state index contributed by atoms with van der Waals surface area (Å²) in [6, 6.07) is 0.880. The topological polar surface area (TPSA) is 6.48 Å². The number of rotatable bonds is 3. The molecule has 0 radical (unpaired) electrons. The Morgan fingerprint density at radius 3 is 2.33 bits per heavy atom. The highest BCUT2D eigenvalue weighted by Gasteiger charge is 2.31. The van der Waals surface area contributed by atoms with Gasteiger partial charge in [-0.25, -0.2) is 8.78 Å². The minimum Gasteiger partial charge on any atom is -0.296 e. The molecule has 1 rings (SSSR count). The minimum absolute atomic E-state index is 0.108. The molecule has 1 aliphatic heterocycles. The molecule has 0 bridgehead atoms. The molecule has 0 N–H and O–H groups in total. The van der Waals surface area contributed by atoms with Crippen LogP contribution in [0, 0.1) is 0 Å². The van der Waals surface area contributed by atoms with Gasteiger partial charge in [0.2, 0.25) is 0 Å². The van der Waals surface area contributed by atoms with E-state index in [0.717, 1.165) is 26.6 Å². The second kappa shape index (κ2) is 4.74. The van der Waals surface area contributed by atoms with E-state index in [-0.39, 0.29) is 6.54 Å². The van der Waals surface area contributed by atoms with Crippen molar-refractivity contribution in [3.63, 3.8) is 0 Å². The van der Waals surface area contributed by atoms with Gasteiger partial charge in [0.25, 0.3) is 5.92 Å². The Labute approximate surface area is 91.2 Å². The highest BCUT2D eigenvalue weighted by molar-refractivity contribution is 4.82. The summed E-state index contributed by atoms with van der Waals surface area (Å²) in [6.45, 7) is 9.71. The first-order chi connectivity index (χ1) is 6.79. The number of nitrogens with zero attached hydrogens (tertiary/aromatic N) is 2. The third-order valence-electron chi connectivity index (χ3n) is 2.93. The first kappa shape index (κ1) is 12.8. The molecule has 0 amide bonds. The Morgan fingerprint density at radius 2 is 1.93 bits per heavy atom. The molecule has 1 atom stereocenters. The van der Waals surface area contributed by atoms with E-state index in [0.29, 0.717) is 12.1 Å². The zero-order valence-corrected chi connectivity index (χ0v) is 10.1. The maximum absolute atomic E-state index is 12.8. The van der Waals surface area contributed by atoms with Crippen LogP contribution >= 0.6 is 0 Å². The Morgan fingerprint density at radius 1 is 1.33 bits per heavy atom. The van der Waals surface area contributed by atoms with Crippen LogP contribution in [0.4, 0.5) is 8.78 Å². The predicted octanol–water partition coefficient (Wildman–Crippen LogP) is 2.06. The van der Waals surface area contributed by atoms with Crippen molar-refractivity contribution in [2.45, 2.75) is 45.7 Å². The van der Waals surface area contributed by atoms with E-state index in [1.165, 1.54) is 0 Å². The maximum Gasteiger partial charge on any atom is 0.257 e. The van der Waals surface area contributed by atoms with Gasteiger partial charge in [-0.05, 0) is 20.8 Å². The lowest BCUT2D eigenvalue weighted by molar-refractivity contribution is -0.0379. The van der Waals surface area contributed by atoms with Crippen molar-refractivity contribution in [3.05, 3.63) is 0 Å². The van der Waals surface area contributed by atoms with Gasteiger partial charge in [0, 0.05) is 38.6 Å². The van der Waals surface area contributed by atoms with E-state index in [4.69, 9.17) is 0 Å². The van der Waals surface area contributed by atoms with Gasteiger partial charge in [-0.1, -0.05) is 0 Å². The van der Waals surface area contributed by atoms with Crippen molar-refractivity contribution in [2.24, 2.45) is 0 Å². The van der Waals surface area contributed by atoms with E-state index in [9.17, 15) is 8.78 Å². The van der Waals surface area contributed by atoms with Crippen molar-refractivity contribution in [1.82, 2.24) is 9.80 Å². The Hall–Kier alpha value is -0.220. The fraction of sp³-hybridized carbons (Fsp3) is 1.00. The van der Waals surface area contributed by atoms with Crippen LogP contribution in [-0.2, 0) is 0 Å². The predicted molar refractivity (Wildman–Crippen MR) is 58.4 cm³/mol. The molecule has 0 aliphatic carbocycles. The van der Waals surface area contributed by atoms with Crippen molar-refractivity contribution in [2.75, 3.05) is 26.2 Å². The molecule has 0 aromatic carbocycles. The van der Waals surface area contributed by atoms with Crippen LogP contribution in [0.15, 0.2) is 0 Å². The first-order valence-corrected chi connectivity index (χ1v) is 5.65. The van der Waals surface area contributed by atoms with Crippen LogP contribution in [-0.4, -0.2) is 54.0 Å². The molecule has 1 aliphatic rings. The lowest BCUT2D eigenvalue weighted by atomic mass is 10.1. The number of halogens is 2. The number of alkyl halides is 2. The summed E-state index contributed by atoms with van der Waals surface area (Å²) in [6.07, 6.45) is 0. The molecule has 0 saturated carbocycles. The fourth-order valence-electron chi connectivity index (χ4n) is 2.35. The Bertz CT molecular complexity index is 201. The SMILES string of the molecule is CC(C)N1CCN(CC(C)(F)F)C[C@@H]1C. The number of hydrogen-bond donors (Lipinski definition) is 0. The third-order valence-corrected chi connectivity index (χ3v) is 2.93. The van der Waals surface area contributed by atoms with E-state index < -0.39 is 5.92 Å². The molecule has 0 unspecified atom stereocenters. The fourth-order valence-corrected chi connectivity index (χ4v) is 2.35. The van der Waals surface area contributed by atoms with Gasteiger partial charge in [-0.15, -0.1) is 0 Å². The van der Waals surface area contributed by atoms with Crippen LogP contribution in [0.1, 0.15) is 27.7 Å². The first-order valence-electron chi connectivity index (χ1n) is 5.65. The Balaban J connectivity index is 2.44. The average Bonchev–Trinajstić information content (AvgIpc) is 1.99. The van der Waals surface area contributed by atoms with Gasteiger partial charge < -0.3 is 0 Å². The molecule has 0 spiro atoms. The van der Waals surface area contributed by atoms with Crippen LogP contribution in [0.25, 0.3) is 0 Å². The standard InChI is InChI=1S/C11H22F2N2/c1-9(2)15-6-5-14(7-10(15)3)8-11(4,12)13/h9-10H,5-8H2,1-4H3/t10-/m0/s1. The summed E-state index contributed by atoms with van der Waals surface area (Å²) < 4.78 is 25.7. The maximum atomic E-state index is 12.8. The monoisotopic (exact) mass is 220 g/mol. The lowest BCUT2D eigenvalue weighted by Crippen LogP contribution is -2.55. The van der Waals surface area contributed by atoms with E-state index in [1.54, 1.807) is 0 Å². The van der Waals surface area contributed by atoms with Crippen LogP contribution in [0.3, 0.4) is 0 Å². The van der Waals surface area contributed by atoms with Crippen LogP contribution < -0.4 is 0 Å². The van der Waals surface area contributed by atoms with Gasteiger partial charge in [0.15, 0.2) is 0 Å². The molecule has 0 aromatic rings. The molecule has 1 heterocycles. The van der Waals surface area contributed by atoms with E-state index >= 15 is 0 Å². The highest BCUT2D eigenvalue weighted by atomic mass is 19.3. The van der Waals surface area contributed by atoms with Crippen LogP contribution in [0.2, 0.25) is 0 Å². The highest BCUT2D eigenvalue weighted by Crippen LogP contribution is 2.18. The Kier molecular flexibility index (Phi) is 4.06. The van der Waals surface area contributed by atoms with Gasteiger partial charge in [0.05, 0.1) is 6.54 Å². The summed E-state index contributed by atoms with van der Waals surface area (Å²) >= 11 is 0. The van der Waals surface area contributed by atoms with Crippen molar-refractivity contribution in [3.8, 4) is 0 Å². The molecule has 90 valence electrons. The van der Waals surface area contributed by atoms with Crippen molar-refractivity contribution >= 4 is 0 Å². The third kappa shape index (κ3) is 4.03. The summed E-state index contributed by atoms with van der Waals surface area (Å²) in [5.74, 6) is -2.57. The molecule has 1 saturated heterocycles. The second-order valence-electron chi connectivity index (χ2n) is 4.99. The average molecular weight is 220 g/mol. The van der Waals surface area contributed by atoms with Gasteiger partial charge in [-0.2, -0.15) is 0 Å². The smallest absolute Gasteiger partial charge is 0.257 e. The molecule has 15 heavy (non-hydrogen) atoms. The quantitative estimate of drug-likeness (QED) is 0.718. The summed E-state index contributed by atoms with van der Waals surface area (Å²) in [5.41, 5.74) is 0. The van der Waals surface area contributed by atoms with E-state index in [2.05, 4.69) is 25.7 Å². The summed E-state index contributed by atoms with van der Waals surface area (Å²) in [7, 11) is 0. The molecular weight excluding hydrogens is 198 g/mol. The van der Waals surface area contributed by atoms with Crippen molar-refractivity contribution in [1.29, 1.82) is 0 Å². The molecule has 2 nitrogen and oxygen atoms in total.